The van der Waals surface area contributed by atoms with Crippen LogP contribution in [0.2, 0.25) is 0 Å². The van der Waals surface area contributed by atoms with E-state index in [9.17, 15) is 13.2 Å². The van der Waals surface area contributed by atoms with Crippen LogP contribution in [0.3, 0.4) is 0 Å². The second-order valence-electron chi connectivity index (χ2n) is 4.81. The van der Waals surface area contributed by atoms with E-state index >= 15 is 0 Å². The van der Waals surface area contributed by atoms with Crippen LogP contribution in [0, 0.1) is 0 Å². The second-order valence-corrected chi connectivity index (χ2v) is 7.38. The summed E-state index contributed by atoms with van der Waals surface area (Å²) in [5, 5.41) is 2.79. The summed E-state index contributed by atoms with van der Waals surface area (Å²) in [6.07, 6.45) is 1.22. The number of hydrogen-bond donors (Lipinski definition) is 1. The lowest BCUT2D eigenvalue weighted by Crippen LogP contribution is -2.28. The van der Waals surface area contributed by atoms with Crippen LogP contribution >= 0.6 is 0 Å². The third-order valence-corrected chi connectivity index (χ3v) is 5.26. The van der Waals surface area contributed by atoms with Gasteiger partial charge in [0.25, 0.3) is 0 Å². The lowest BCUT2D eigenvalue weighted by molar-refractivity contribution is 0.0993. The van der Waals surface area contributed by atoms with Gasteiger partial charge in [-0.25, -0.2) is 8.42 Å². The molecule has 0 spiro atoms. The Morgan fingerprint density at radius 3 is 2.11 bits per heavy atom. The smallest absolute Gasteiger partial charge is 0.176 e. The molecule has 1 rings (SSSR count). The van der Waals surface area contributed by atoms with Crippen molar-refractivity contribution in [1.29, 1.82) is 0 Å². The number of Topliss-reactive ketones (excluding diaryl/α,β-unsaturated/α-hetero) is 1. The van der Waals surface area contributed by atoms with Gasteiger partial charge < -0.3 is 5.32 Å². The predicted molar refractivity (Wildman–Crippen MR) is 72.6 cm³/mol. The molecule has 4 nitrogen and oxygen atoms in total. The number of benzene rings is 1. The van der Waals surface area contributed by atoms with Gasteiger partial charge in [-0.2, -0.15) is 0 Å². The highest BCUT2D eigenvalue weighted by atomic mass is 32.2. The van der Waals surface area contributed by atoms with E-state index < -0.39 is 14.6 Å². The SMILES string of the molecule is CNCC(=O)c1ccc(C(C)(C)S(C)(=O)=O)cc1. The molecular formula is C13H19NO3S. The van der Waals surface area contributed by atoms with E-state index in [0.29, 0.717) is 11.1 Å². The fourth-order valence-electron chi connectivity index (χ4n) is 1.53. The molecule has 1 aromatic carbocycles. The van der Waals surface area contributed by atoms with E-state index in [1.165, 1.54) is 6.26 Å². The number of rotatable bonds is 5. The van der Waals surface area contributed by atoms with Crippen molar-refractivity contribution in [2.24, 2.45) is 0 Å². The fraction of sp³-hybridized carbons (Fsp3) is 0.462. The molecule has 0 fully saturated rings. The van der Waals surface area contributed by atoms with Crippen molar-refractivity contribution in [3.63, 3.8) is 0 Å². The Morgan fingerprint density at radius 2 is 1.72 bits per heavy atom. The summed E-state index contributed by atoms with van der Waals surface area (Å²) in [7, 11) is -1.49. The first-order valence-electron chi connectivity index (χ1n) is 5.68. The molecule has 0 saturated heterocycles. The Kier molecular flexibility index (Phi) is 4.29. The molecule has 0 atom stereocenters. The van der Waals surface area contributed by atoms with Crippen molar-refractivity contribution >= 4 is 15.6 Å². The van der Waals surface area contributed by atoms with Crippen molar-refractivity contribution in [2.45, 2.75) is 18.6 Å². The number of sulfone groups is 1. The van der Waals surface area contributed by atoms with Crippen LogP contribution in [-0.4, -0.2) is 34.0 Å². The molecular weight excluding hydrogens is 250 g/mol. The van der Waals surface area contributed by atoms with Gasteiger partial charge >= 0.3 is 0 Å². The molecule has 1 N–H and O–H groups in total. The largest absolute Gasteiger partial charge is 0.313 e. The molecule has 0 saturated carbocycles. The monoisotopic (exact) mass is 269 g/mol. The van der Waals surface area contributed by atoms with Gasteiger partial charge in [-0.3, -0.25) is 4.79 Å². The molecule has 0 aromatic heterocycles. The Balaban J connectivity index is 3.07. The normalized spacial score (nSPS) is 12.4. The fourth-order valence-corrected chi connectivity index (χ4v) is 2.10. The van der Waals surface area contributed by atoms with Crippen LogP contribution in [-0.2, 0) is 14.6 Å². The summed E-state index contributed by atoms with van der Waals surface area (Å²) in [6.45, 7) is 3.59. The quantitative estimate of drug-likeness (QED) is 0.820. The number of carbonyl (C=O) groups excluding carboxylic acids is 1. The van der Waals surface area contributed by atoms with E-state index in [1.54, 1.807) is 45.2 Å². The minimum absolute atomic E-state index is 0.0128. The van der Waals surface area contributed by atoms with Crippen LogP contribution in [0.15, 0.2) is 24.3 Å². The molecule has 0 unspecified atom stereocenters. The molecule has 0 aliphatic heterocycles. The first-order chi connectivity index (χ1) is 8.20. The summed E-state index contributed by atoms with van der Waals surface area (Å²) in [5.74, 6) is -0.0128. The van der Waals surface area contributed by atoms with Crippen molar-refractivity contribution in [1.82, 2.24) is 5.32 Å². The van der Waals surface area contributed by atoms with Crippen LogP contribution < -0.4 is 5.32 Å². The van der Waals surface area contributed by atoms with E-state index in [4.69, 9.17) is 0 Å². The molecule has 0 aliphatic carbocycles. The summed E-state index contributed by atoms with van der Waals surface area (Å²) >= 11 is 0. The maximum Gasteiger partial charge on any atom is 0.176 e. The third kappa shape index (κ3) is 2.97. The van der Waals surface area contributed by atoms with Gasteiger partial charge in [-0.05, 0) is 26.5 Å². The number of carbonyl (C=O) groups is 1. The van der Waals surface area contributed by atoms with Crippen LogP contribution in [0.5, 0.6) is 0 Å². The first-order valence-corrected chi connectivity index (χ1v) is 7.57. The molecule has 0 radical (unpaired) electrons. The van der Waals surface area contributed by atoms with Gasteiger partial charge in [-0.1, -0.05) is 24.3 Å². The summed E-state index contributed by atoms with van der Waals surface area (Å²) in [5.41, 5.74) is 1.27. The summed E-state index contributed by atoms with van der Waals surface area (Å²) < 4.78 is 22.4. The molecule has 0 bridgehead atoms. The van der Waals surface area contributed by atoms with Gasteiger partial charge in [0.1, 0.15) is 0 Å². The van der Waals surface area contributed by atoms with Crippen LogP contribution in [0.1, 0.15) is 29.8 Å². The average Bonchev–Trinajstić information content (AvgIpc) is 2.28. The maximum atomic E-state index is 11.7. The topological polar surface area (TPSA) is 63.2 Å². The molecule has 0 aliphatic rings. The molecule has 18 heavy (non-hydrogen) atoms. The van der Waals surface area contributed by atoms with Crippen molar-refractivity contribution < 1.29 is 13.2 Å². The third-order valence-electron chi connectivity index (χ3n) is 3.17. The molecule has 1 aromatic rings. The molecule has 0 heterocycles. The zero-order chi connectivity index (χ0) is 14.0. The zero-order valence-corrected chi connectivity index (χ0v) is 12.0. The van der Waals surface area contributed by atoms with Gasteiger partial charge in [0.05, 0.1) is 11.3 Å². The maximum absolute atomic E-state index is 11.7. The van der Waals surface area contributed by atoms with Gasteiger partial charge in [-0.15, -0.1) is 0 Å². The molecule has 0 amide bonds. The lowest BCUT2D eigenvalue weighted by Gasteiger charge is -2.23. The van der Waals surface area contributed by atoms with Crippen LogP contribution in [0.4, 0.5) is 0 Å². The van der Waals surface area contributed by atoms with Crippen LogP contribution in [0.25, 0.3) is 0 Å². The Bertz CT molecular complexity index is 530. The zero-order valence-electron chi connectivity index (χ0n) is 11.1. The highest BCUT2D eigenvalue weighted by Gasteiger charge is 2.32. The average molecular weight is 269 g/mol. The predicted octanol–water partition coefficient (Wildman–Crippen LogP) is 1.37. The Hall–Kier alpha value is -1.20. The standard InChI is InChI=1S/C13H19NO3S/c1-13(2,18(4,16)17)11-7-5-10(6-8-11)12(15)9-14-3/h5-8,14H,9H2,1-4H3. The molecule has 5 heteroatoms. The summed E-state index contributed by atoms with van der Waals surface area (Å²) in [4.78, 5) is 11.6. The lowest BCUT2D eigenvalue weighted by atomic mass is 9.99. The van der Waals surface area contributed by atoms with E-state index in [0.717, 1.165) is 0 Å². The van der Waals surface area contributed by atoms with Gasteiger partial charge in [0, 0.05) is 11.8 Å². The minimum atomic E-state index is -3.20. The minimum Gasteiger partial charge on any atom is -0.313 e. The molecule has 100 valence electrons. The van der Waals surface area contributed by atoms with E-state index in [-0.39, 0.29) is 12.3 Å². The Labute approximate surface area is 108 Å². The highest BCUT2D eigenvalue weighted by molar-refractivity contribution is 7.91. The number of nitrogens with one attached hydrogen (secondary N) is 1. The van der Waals surface area contributed by atoms with E-state index in [2.05, 4.69) is 5.32 Å². The highest BCUT2D eigenvalue weighted by Crippen LogP contribution is 2.28. The summed E-state index contributed by atoms with van der Waals surface area (Å²) in [6, 6.07) is 6.73. The number of ketones is 1. The van der Waals surface area contributed by atoms with Crippen molar-refractivity contribution in [3.05, 3.63) is 35.4 Å². The number of hydrogen-bond acceptors (Lipinski definition) is 4. The number of likely N-dealkylation sites (N-methyl/N-ethyl adjacent to an activating group) is 1. The van der Waals surface area contributed by atoms with Gasteiger partial charge in [0.15, 0.2) is 15.6 Å². The van der Waals surface area contributed by atoms with Gasteiger partial charge in [0.2, 0.25) is 0 Å². The second kappa shape index (κ2) is 5.20. The Morgan fingerprint density at radius 1 is 1.22 bits per heavy atom. The first kappa shape index (κ1) is 14.9. The van der Waals surface area contributed by atoms with Crippen molar-refractivity contribution in [2.75, 3.05) is 19.8 Å². The van der Waals surface area contributed by atoms with E-state index in [1.807, 2.05) is 0 Å². The van der Waals surface area contributed by atoms with Crippen molar-refractivity contribution in [3.8, 4) is 0 Å².